The van der Waals surface area contributed by atoms with Crippen molar-refractivity contribution in [3.05, 3.63) is 30.1 Å². The minimum absolute atomic E-state index is 0.0111. The van der Waals surface area contributed by atoms with Gasteiger partial charge in [0.05, 0.1) is 10.9 Å². The Morgan fingerprint density at radius 2 is 1.93 bits per heavy atom. The van der Waals surface area contributed by atoms with Gasteiger partial charge in [0.1, 0.15) is 5.82 Å². The molecule has 29 heavy (non-hydrogen) atoms. The molecule has 1 aromatic carbocycles. The van der Waals surface area contributed by atoms with E-state index in [0.29, 0.717) is 38.4 Å². The number of fused-ring (bicyclic) bond motifs is 1. The summed E-state index contributed by atoms with van der Waals surface area (Å²) >= 11 is 0. The number of carbonyl (C=O) groups is 2. The summed E-state index contributed by atoms with van der Waals surface area (Å²) < 4.78 is 40.9. The number of nitrogens with one attached hydrogen (secondary N) is 3. The standard InChI is InChI=1S/C19H25FN4O4S/c20-12-1-6-16(7-2-12)29(27,28)23-14-9-17-19(26)21-10-15(24(17)11-14)5-8-18(25)22-13-3-4-13/h1-2,6-7,13-15,17,23H,3-5,8-11H2,(H,21,26)(H,22,25)/t14-,15-,17+/m1/s1. The van der Waals surface area contributed by atoms with Crippen LogP contribution in [0, 0.1) is 5.82 Å². The summed E-state index contributed by atoms with van der Waals surface area (Å²) in [7, 11) is -3.81. The maximum Gasteiger partial charge on any atom is 0.240 e. The van der Waals surface area contributed by atoms with Crippen LogP contribution in [0.3, 0.4) is 0 Å². The highest BCUT2D eigenvalue weighted by Crippen LogP contribution is 2.27. The lowest BCUT2D eigenvalue weighted by atomic mass is 10.0. The average Bonchev–Trinajstić information content (AvgIpc) is 3.38. The molecule has 2 heterocycles. The van der Waals surface area contributed by atoms with E-state index in [9.17, 15) is 22.4 Å². The number of rotatable bonds is 7. The molecule has 1 saturated carbocycles. The van der Waals surface area contributed by atoms with Gasteiger partial charge in [-0.15, -0.1) is 0 Å². The predicted molar refractivity (Wildman–Crippen MR) is 103 cm³/mol. The molecule has 0 radical (unpaired) electrons. The van der Waals surface area contributed by atoms with Crippen molar-refractivity contribution in [2.24, 2.45) is 0 Å². The maximum absolute atomic E-state index is 13.1. The van der Waals surface area contributed by atoms with E-state index in [1.807, 2.05) is 4.90 Å². The number of carbonyl (C=O) groups excluding carboxylic acids is 2. The van der Waals surface area contributed by atoms with Crippen LogP contribution >= 0.6 is 0 Å². The van der Waals surface area contributed by atoms with Gasteiger partial charge in [0, 0.05) is 37.6 Å². The van der Waals surface area contributed by atoms with Gasteiger partial charge >= 0.3 is 0 Å². The van der Waals surface area contributed by atoms with Crippen LogP contribution in [0.4, 0.5) is 4.39 Å². The third-order valence-electron chi connectivity index (χ3n) is 5.72. The van der Waals surface area contributed by atoms with Crippen molar-refractivity contribution < 1.29 is 22.4 Å². The van der Waals surface area contributed by atoms with E-state index >= 15 is 0 Å². The molecule has 3 N–H and O–H groups in total. The summed E-state index contributed by atoms with van der Waals surface area (Å²) in [5.74, 6) is -0.604. The number of amides is 2. The molecule has 2 amide bonds. The smallest absolute Gasteiger partial charge is 0.240 e. The molecule has 0 bridgehead atoms. The molecule has 3 atom stereocenters. The molecule has 3 aliphatic rings. The van der Waals surface area contributed by atoms with Crippen LogP contribution < -0.4 is 15.4 Å². The molecule has 10 heteroatoms. The van der Waals surface area contributed by atoms with Gasteiger partial charge in [0.2, 0.25) is 21.8 Å². The van der Waals surface area contributed by atoms with Crippen LogP contribution in [-0.2, 0) is 19.6 Å². The normalized spacial score (nSPS) is 27.3. The molecule has 2 saturated heterocycles. The minimum Gasteiger partial charge on any atom is -0.353 e. The average molecular weight is 424 g/mol. The number of piperazine rings is 1. The first-order valence-electron chi connectivity index (χ1n) is 9.92. The minimum atomic E-state index is -3.81. The first-order valence-corrected chi connectivity index (χ1v) is 11.4. The van der Waals surface area contributed by atoms with Crippen LogP contribution in [0.2, 0.25) is 0 Å². The monoisotopic (exact) mass is 424 g/mol. The van der Waals surface area contributed by atoms with Gasteiger partial charge in [-0.25, -0.2) is 17.5 Å². The van der Waals surface area contributed by atoms with Crippen molar-refractivity contribution in [1.82, 2.24) is 20.3 Å². The molecule has 8 nitrogen and oxygen atoms in total. The Balaban J connectivity index is 1.38. The topological polar surface area (TPSA) is 108 Å². The highest BCUT2D eigenvalue weighted by Gasteiger charge is 2.44. The van der Waals surface area contributed by atoms with Crippen LogP contribution in [0.25, 0.3) is 0 Å². The van der Waals surface area contributed by atoms with Crippen molar-refractivity contribution >= 4 is 21.8 Å². The Bertz CT molecular complexity index is 888. The maximum atomic E-state index is 13.1. The van der Waals surface area contributed by atoms with Gasteiger partial charge in [-0.05, 0) is 49.9 Å². The van der Waals surface area contributed by atoms with E-state index in [1.165, 1.54) is 12.1 Å². The van der Waals surface area contributed by atoms with Gasteiger partial charge in [0.15, 0.2) is 0 Å². The first kappa shape index (κ1) is 20.2. The number of hydrogen-bond donors (Lipinski definition) is 3. The fourth-order valence-corrected chi connectivity index (χ4v) is 5.30. The van der Waals surface area contributed by atoms with Crippen molar-refractivity contribution in [3.63, 3.8) is 0 Å². The fourth-order valence-electron chi connectivity index (χ4n) is 4.06. The number of benzene rings is 1. The molecular weight excluding hydrogens is 399 g/mol. The summed E-state index contributed by atoms with van der Waals surface area (Å²) in [6.45, 7) is 0.844. The van der Waals surface area contributed by atoms with E-state index < -0.39 is 27.9 Å². The molecule has 0 aromatic heterocycles. The molecule has 158 valence electrons. The van der Waals surface area contributed by atoms with Crippen molar-refractivity contribution in [2.45, 2.75) is 61.2 Å². The van der Waals surface area contributed by atoms with E-state index in [-0.39, 0.29) is 22.8 Å². The lowest BCUT2D eigenvalue weighted by Gasteiger charge is -2.37. The summed E-state index contributed by atoms with van der Waals surface area (Å²) in [4.78, 5) is 26.3. The Hall–Kier alpha value is -2.04. The van der Waals surface area contributed by atoms with Gasteiger partial charge in [-0.2, -0.15) is 0 Å². The Morgan fingerprint density at radius 1 is 1.21 bits per heavy atom. The van der Waals surface area contributed by atoms with Gasteiger partial charge in [0.25, 0.3) is 0 Å². The van der Waals surface area contributed by atoms with Crippen LogP contribution in [0.15, 0.2) is 29.2 Å². The van der Waals surface area contributed by atoms with Gasteiger partial charge in [-0.1, -0.05) is 0 Å². The summed E-state index contributed by atoms with van der Waals surface area (Å²) in [6, 6.07) is 4.09. The lowest BCUT2D eigenvalue weighted by molar-refractivity contribution is -0.129. The lowest BCUT2D eigenvalue weighted by Crippen LogP contribution is -2.58. The first-order chi connectivity index (χ1) is 13.8. The molecule has 2 aliphatic heterocycles. The molecule has 0 unspecified atom stereocenters. The van der Waals surface area contributed by atoms with Crippen LogP contribution in [0.1, 0.15) is 32.1 Å². The summed E-state index contributed by atoms with van der Waals surface area (Å²) in [6.07, 6.45) is 3.42. The number of sulfonamides is 1. The predicted octanol–water partition coefficient (Wildman–Crippen LogP) is 0.104. The van der Waals surface area contributed by atoms with Gasteiger partial charge in [-0.3, -0.25) is 14.5 Å². The molecule has 3 fully saturated rings. The number of halogens is 1. The Labute approximate surface area is 169 Å². The SMILES string of the molecule is O=C(CC[C@@H]1CNC(=O)[C@@H]2C[C@@H](NS(=O)(=O)c3ccc(F)cc3)CN12)NC1CC1. The van der Waals surface area contributed by atoms with E-state index in [2.05, 4.69) is 15.4 Å². The highest BCUT2D eigenvalue weighted by molar-refractivity contribution is 7.89. The van der Waals surface area contributed by atoms with Crippen molar-refractivity contribution in [1.29, 1.82) is 0 Å². The van der Waals surface area contributed by atoms with E-state index in [1.54, 1.807) is 0 Å². The second kappa shape index (κ2) is 8.00. The third-order valence-corrected chi connectivity index (χ3v) is 7.25. The Kier molecular flexibility index (Phi) is 5.58. The zero-order valence-corrected chi connectivity index (χ0v) is 16.8. The van der Waals surface area contributed by atoms with Crippen molar-refractivity contribution in [3.8, 4) is 0 Å². The zero-order chi connectivity index (χ0) is 20.6. The zero-order valence-electron chi connectivity index (χ0n) is 15.9. The van der Waals surface area contributed by atoms with Crippen LogP contribution in [0.5, 0.6) is 0 Å². The molecule has 1 aromatic rings. The van der Waals surface area contributed by atoms with Crippen LogP contribution in [-0.4, -0.2) is 62.4 Å². The van der Waals surface area contributed by atoms with Gasteiger partial charge < -0.3 is 10.6 Å². The van der Waals surface area contributed by atoms with Crippen molar-refractivity contribution in [2.75, 3.05) is 13.1 Å². The van der Waals surface area contributed by atoms with E-state index in [4.69, 9.17) is 0 Å². The summed E-state index contributed by atoms with van der Waals surface area (Å²) in [5, 5.41) is 5.83. The molecule has 0 spiro atoms. The largest absolute Gasteiger partial charge is 0.353 e. The molecule has 4 rings (SSSR count). The summed E-state index contributed by atoms with van der Waals surface area (Å²) in [5.41, 5.74) is 0. The highest BCUT2D eigenvalue weighted by atomic mass is 32.2. The molecule has 1 aliphatic carbocycles. The number of nitrogens with zero attached hydrogens (tertiary/aromatic N) is 1. The second-order valence-electron chi connectivity index (χ2n) is 8.00. The van der Waals surface area contributed by atoms with E-state index in [0.717, 1.165) is 25.0 Å². The fraction of sp³-hybridized carbons (Fsp3) is 0.579. The quantitative estimate of drug-likeness (QED) is 0.576. The number of hydrogen-bond acceptors (Lipinski definition) is 5. The second-order valence-corrected chi connectivity index (χ2v) is 9.71. The third kappa shape index (κ3) is 4.76. The Morgan fingerprint density at radius 3 is 2.62 bits per heavy atom. The molecular formula is C19H25FN4O4S.